The van der Waals surface area contributed by atoms with Gasteiger partial charge in [0.25, 0.3) is 5.69 Å². The molecule has 0 saturated carbocycles. The molecular weight excluding hydrogens is 270 g/mol. The second-order valence-electron chi connectivity index (χ2n) is 5.25. The summed E-state index contributed by atoms with van der Waals surface area (Å²) in [4.78, 5) is 24.4. The first-order chi connectivity index (χ1) is 10.2. The summed E-state index contributed by atoms with van der Waals surface area (Å²) in [6, 6.07) is 6.66. The lowest BCUT2D eigenvalue weighted by Crippen LogP contribution is -2.37. The van der Waals surface area contributed by atoms with Gasteiger partial charge in [-0.1, -0.05) is 18.2 Å². The van der Waals surface area contributed by atoms with Crippen molar-refractivity contribution in [2.45, 2.75) is 32.2 Å². The van der Waals surface area contributed by atoms with Crippen LogP contribution in [0.4, 0.5) is 5.69 Å². The van der Waals surface area contributed by atoms with Crippen molar-refractivity contribution in [1.82, 2.24) is 10.2 Å². The minimum Gasteiger partial charge on any atom is -0.343 e. The number of rotatable bonds is 6. The highest BCUT2D eigenvalue weighted by atomic mass is 16.6. The largest absolute Gasteiger partial charge is 0.343 e. The Hall–Kier alpha value is -1.95. The summed E-state index contributed by atoms with van der Waals surface area (Å²) in [5, 5.41) is 14.0. The Morgan fingerprint density at radius 2 is 1.95 bits per heavy atom. The fourth-order valence-corrected chi connectivity index (χ4v) is 2.56. The van der Waals surface area contributed by atoms with Gasteiger partial charge in [0.1, 0.15) is 0 Å². The van der Waals surface area contributed by atoms with Gasteiger partial charge in [-0.15, -0.1) is 0 Å². The van der Waals surface area contributed by atoms with Gasteiger partial charge in [0.05, 0.1) is 4.92 Å². The van der Waals surface area contributed by atoms with E-state index in [1.165, 1.54) is 12.5 Å². The van der Waals surface area contributed by atoms with Crippen LogP contribution in [0.5, 0.6) is 0 Å². The Bertz CT molecular complexity index is 499. The van der Waals surface area contributed by atoms with Crippen LogP contribution < -0.4 is 5.32 Å². The zero-order valence-electron chi connectivity index (χ0n) is 12.1. The first-order valence-corrected chi connectivity index (χ1v) is 7.39. The average Bonchev–Trinajstić information content (AvgIpc) is 2.52. The molecule has 114 valence electrons. The molecule has 6 heteroatoms. The molecule has 1 amide bonds. The third-order valence-corrected chi connectivity index (χ3v) is 3.73. The number of hydrogen-bond donors (Lipinski definition) is 1. The van der Waals surface area contributed by atoms with Crippen molar-refractivity contribution in [2.24, 2.45) is 0 Å². The summed E-state index contributed by atoms with van der Waals surface area (Å²) < 4.78 is 0. The molecule has 0 unspecified atom stereocenters. The highest BCUT2D eigenvalue weighted by Crippen LogP contribution is 2.17. The van der Waals surface area contributed by atoms with Gasteiger partial charge < -0.3 is 10.2 Å². The van der Waals surface area contributed by atoms with Crippen LogP contribution >= 0.6 is 0 Å². The number of nitrogens with zero attached hydrogens (tertiary/aromatic N) is 2. The number of para-hydroxylation sites is 1. The quantitative estimate of drug-likeness (QED) is 0.494. The van der Waals surface area contributed by atoms with Crippen LogP contribution in [0.3, 0.4) is 0 Å². The Morgan fingerprint density at radius 1 is 1.24 bits per heavy atom. The number of amides is 1. The van der Waals surface area contributed by atoms with Crippen LogP contribution in [0.2, 0.25) is 0 Å². The van der Waals surface area contributed by atoms with Crippen molar-refractivity contribution in [1.29, 1.82) is 0 Å². The molecule has 21 heavy (non-hydrogen) atoms. The lowest BCUT2D eigenvalue weighted by atomic mass is 10.1. The Balaban J connectivity index is 1.74. The highest BCUT2D eigenvalue weighted by molar-refractivity contribution is 5.76. The van der Waals surface area contributed by atoms with E-state index in [1.54, 1.807) is 18.2 Å². The molecule has 0 aromatic heterocycles. The smallest absolute Gasteiger partial charge is 0.273 e. The van der Waals surface area contributed by atoms with E-state index in [4.69, 9.17) is 0 Å². The summed E-state index contributed by atoms with van der Waals surface area (Å²) in [6.07, 6.45) is 3.84. The Labute approximate surface area is 124 Å². The minimum absolute atomic E-state index is 0.118. The first-order valence-electron chi connectivity index (χ1n) is 7.39. The molecule has 1 saturated heterocycles. The summed E-state index contributed by atoms with van der Waals surface area (Å²) in [6.45, 7) is 2.68. The SMILES string of the molecule is O=C(CCNCc1ccccc1[N+](=O)[O-])N1CCCCC1. The summed E-state index contributed by atoms with van der Waals surface area (Å²) in [5.41, 5.74) is 0.764. The zero-order valence-corrected chi connectivity index (χ0v) is 12.1. The van der Waals surface area contributed by atoms with Crippen molar-refractivity contribution < 1.29 is 9.72 Å². The van der Waals surface area contributed by atoms with E-state index in [0.29, 0.717) is 25.1 Å². The van der Waals surface area contributed by atoms with Crippen molar-refractivity contribution in [3.05, 3.63) is 39.9 Å². The van der Waals surface area contributed by atoms with Crippen LogP contribution in [0.25, 0.3) is 0 Å². The molecule has 0 aliphatic carbocycles. The predicted molar refractivity (Wildman–Crippen MR) is 79.9 cm³/mol. The number of nitrogens with one attached hydrogen (secondary N) is 1. The summed E-state index contributed by atoms with van der Waals surface area (Å²) in [7, 11) is 0. The zero-order chi connectivity index (χ0) is 15.1. The van der Waals surface area contributed by atoms with Crippen molar-refractivity contribution in [3.8, 4) is 0 Å². The molecule has 1 aromatic rings. The fourth-order valence-electron chi connectivity index (χ4n) is 2.56. The van der Waals surface area contributed by atoms with Crippen molar-refractivity contribution in [2.75, 3.05) is 19.6 Å². The highest BCUT2D eigenvalue weighted by Gasteiger charge is 2.16. The van der Waals surface area contributed by atoms with Gasteiger partial charge in [0.15, 0.2) is 0 Å². The third kappa shape index (κ3) is 4.53. The number of carbonyl (C=O) groups is 1. The van der Waals surface area contributed by atoms with E-state index in [0.717, 1.165) is 25.9 Å². The Morgan fingerprint density at radius 3 is 2.67 bits per heavy atom. The van der Waals surface area contributed by atoms with Crippen LogP contribution in [-0.2, 0) is 11.3 Å². The molecule has 0 atom stereocenters. The number of likely N-dealkylation sites (tertiary alicyclic amines) is 1. The predicted octanol–water partition coefficient (Wildman–Crippen LogP) is 2.09. The molecular formula is C15H21N3O3. The molecule has 1 aliphatic rings. The number of benzene rings is 1. The maximum atomic E-state index is 12.0. The molecule has 0 radical (unpaired) electrons. The number of piperidine rings is 1. The van der Waals surface area contributed by atoms with E-state index in [1.807, 2.05) is 4.90 Å². The normalized spacial score (nSPS) is 15.0. The molecule has 0 bridgehead atoms. The lowest BCUT2D eigenvalue weighted by molar-refractivity contribution is -0.385. The van der Waals surface area contributed by atoms with Gasteiger partial charge in [-0.2, -0.15) is 0 Å². The minimum atomic E-state index is -0.379. The van der Waals surface area contributed by atoms with Crippen molar-refractivity contribution >= 4 is 11.6 Å². The third-order valence-electron chi connectivity index (χ3n) is 3.73. The van der Waals surface area contributed by atoms with Gasteiger partial charge >= 0.3 is 0 Å². The first kappa shape index (κ1) is 15.4. The number of nitro benzene ring substituents is 1. The van der Waals surface area contributed by atoms with Gasteiger partial charge in [0.2, 0.25) is 5.91 Å². The molecule has 1 aromatic carbocycles. The van der Waals surface area contributed by atoms with E-state index >= 15 is 0 Å². The molecule has 1 aliphatic heterocycles. The summed E-state index contributed by atoms with van der Waals surface area (Å²) in [5.74, 6) is 0.171. The second-order valence-corrected chi connectivity index (χ2v) is 5.25. The standard InChI is InChI=1S/C15H21N3O3/c19-15(17-10-4-1-5-11-17)8-9-16-12-13-6-2-3-7-14(13)18(20)21/h2-3,6-7,16H,1,4-5,8-12H2. The monoisotopic (exact) mass is 291 g/mol. The molecule has 1 fully saturated rings. The molecule has 1 heterocycles. The molecule has 0 spiro atoms. The maximum Gasteiger partial charge on any atom is 0.273 e. The van der Waals surface area contributed by atoms with E-state index < -0.39 is 0 Å². The van der Waals surface area contributed by atoms with Crippen LogP contribution in [-0.4, -0.2) is 35.4 Å². The maximum absolute atomic E-state index is 12.0. The van der Waals surface area contributed by atoms with Crippen molar-refractivity contribution in [3.63, 3.8) is 0 Å². The number of nitro groups is 1. The fraction of sp³-hybridized carbons (Fsp3) is 0.533. The Kier molecular flexibility index (Phi) is 5.68. The summed E-state index contributed by atoms with van der Waals surface area (Å²) >= 11 is 0. The van der Waals surface area contributed by atoms with Gasteiger partial charge in [-0.25, -0.2) is 0 Å². The van der Waals surface area contributed by atoms with E-state index in [9.17, 15) is 14.9 Å². The van der Waals surface area contributed by atoms with Crippen LogP contribution in [0.15, 0.2) is 24.3 Å². The van der Waals surface area contributed by atoms with E-state index in [-0.39, 0.29) is 16.5 Å². The van der Waals surface area contributed by atoms with Crippen LogP contribution in [0.1, 0.15) is 31.2 Å². The average molecular weight is 291 g/mol. The number of hydrogen-bond acceptors (Lipinski definition) is 4. The molecule has 2 rings (SSSR count). The number of carbonyl (C=O) groups excluding carboxylic acids is 1. The van der Waals surface area contributed by atoms with E-state index in [2.05, 4.69) is 5.32 Å². The lowest BCUT2D eigenvalue weighted by Gasteiger charge is -2.26. The van der Waals surface area contributed by atoms with Gasteiger partial charge in [0, 0.05) is 44.2 Å². The van der Waals surface area contributed by atoms with Gasteiger partial charge in [-0.3, -0.25) is 14.9 Å². The van der Waals surface area contributed by atoms with Crippen LogP contribution in [0, 0.1) is 10.1 Å². The topological polar surface area (TPSA) is 75.5 Å². The molecule has 6 nitrogen and oxygen atoms in total. The van der Waals surface area contributed by atoms with Gasteiger partial charge in [-0.05, 0) is 19.3 Å². The molecule has 1 N–H and O–H groups in total. The second kappa shape index (κ2) is 7.73.